The summed E-state index contributed by atoms with van der Waals surface area (Å²) in [5.41, 5.74) is -1.46. The van der Waals surface area contributed by atoms with Gasteiger partial charge in [-0.05, 0) is 20.3 Å². The molecule has 0 aliphatic rings. The molecule has 0 spiro atoms. The maximum atomic E-state index is 11.5. The van der Waals surface area contributed by atoms with Crippen LogP contribution in [-0.2, 0) is 14.4 Å². The van der Waals surface area contributed by atoms with Crippen molar-refractivity contribution in [1.82, 2.24) is 0 Å². The van der Waals surface area contributed by atoms with E-state index in [2.05, 4.69) is 0 Å². The Kier molecular flexibility index (Phi) is 5.93. The first-order valence-corrected chi connectivity index (χ1v) is 5.60. The number of ketones is 2. The number of carbonyl (C=O) groups is 3. The molecule has 92 valence electrons. The molecule has 0 saturated carbocycles. The second kappa shape index (κ2) is 6.40. The number of unbranched alkanes of at least 4 members (excludes halogenated alkanes) is 2. The van der Waals surface area contributed by atoms with Crippen molar-refractivity contribution in [2.45, 2.75) is 52.9 Å². The minimum absolute atomic E-state index is 0.159. The summed E-state index contributed by atoms with van der Waals surface area (Å²) in [6, 6.07) is 0. The van der Waals surface area contributed by atoms with Gasteiger partial charge in [0, 0.05) is 6.42 Å². The Hall–Kier alpha value is -1.19. The van der Waals surface area contributed by atoms with Crippen molar-refractivity contribution in [3.8, 4) is 0 Å². The zero-order chi connectivity index (χ0) is 12.8. The predicted octanol–water partition coefficient (Wildman–Crippen LogP) is 2.21. The average molecular weight is 228 g/mol. The van der Waals surface area contributed by atoms with Crippen molar-refractivity contribution in [1.29, 1.82) is 0 Å². The van der Waals surface area contributed by atoms with Gasteiger partial charge < -0.3 is 5.11 Å². The standard InChI is InChI=1S/C12H20O4/c1-4-5-6-7-9(13)8-10(14)12(2,3)11(15)16/h4-8H2,1-3H3,(H,15,16). The van der Waals surface area contributed by atoms with Crippen LogP contribution in [0.1, 0.15) is 52.9 Å². The van der Waals surface area contributed by atoms with Gasteiger partial charge >= 0.3 is 5.97 Å². The van der Waals surface area contributed by atoms with E-state index >= 15 is 0 Å². The first kappa shape index (κ1) is 14.8. The molecule has 1 N–H and O–H groups in total. The highest BCUT2D eigenvalue weighted by Gasteiger charge is 2.36. The van der Waals surface area contributed by atoms with Gasteiger partial charge in [0.15, 0.2) is 5.78 Å². The summed E-state index contributed by atoms with van der Waals surface area (Å²) in [7, 11) is 0. The summed E-state index contributed by atoms with van der Waals surface area (Å²) >= 11 is 0. The van der Waals surface area contributed by atoms with Crippen molar-refractivity contribution >= 4 is 17.5 Å². The highest BCUT2D eigenvalue weighted by atomic mass is 16.4. The van der Waals surface area contributed by atoms with E-state index < -0.39 is 17.2 Å². The third-order valence-electron chi connectivity index (χ3n) is 2.65. The molecule has 0 aliphatic carbocycles. The van der Waals surface area contributed by atoms with Crippen LogP contribution in [0.25, 0.3) is 0 Å². The van der Waals surface area contributed by atoms with E-state index in [1.54, 1.807) is 0 Å². The van der Waals surface area contributed by atoms with Crippen LogP contribution < -0.4 is 0 Å². The first-order chi connectivity index (χ1) is 7.32. The zero-order valence-electron chi connectivity index (χ0n) is 10.2. The smallest absolute Gasteiger partial charge is 0.316 e. The van der Waals surface area contributed by atoms with Crippen LogP contribution in [0.2, 0.25) is 0 Å². The number of carboxylic acid groups (broad SMARTS) is 1. The molecule has 4 nitrogen and oxygen atoms in total. The molecule has 0 fully saturated rings. The highest BCUT2D eigenvalue weighted by Crippen LogP contribution is 2.19. The van der Waals surface area contributed by atoms with E-state index in [1.165, 1.54) is 13.8 Å². The Bertz CT molecular complexity index is 279. The minimum Gasteiger partial charge on any atom is -0.481 e. The number of hydrogen-bond donors (Lipinski definition) is 1. The minimum atomic E-state index is -1.46. The molecule has 0 radical (unpaired) electrons. The van der Waals surface area contributed by atoms with Crippen molar-refractivity contribution < 1.29 is 19.5 Å². The lowest BCUT2D eigenvalue weighted by Crippen LogP contribution is -2.34. The maximum Gasteiger partial charge on any atom is 0.316 e. The van der Waals surface area contributed by atoms with Crippen LogP contribution in [0.3, 0.4) is 0 Å². The molecule has 0 aromatic rings. The topological polar surface area (TPSA) is 71.4 Å². The molecule has 0 amide bonds. The molecule has 0 aromatic carbocycles. The van der Waals surface area contributed by atoms with Crippen molar-refractivity contribution in [2.75, 3.05) is 0 Å². The van der Waals surface area contributed by atoms with Gasteiger partial charge in [-0.15, -0.1) is 0 Å². The van der Waals surface area contributed by atoms with Crippen molar-refractivity contribution in [3.63, 3.8) is 0 Å². The normalized spacial score (nSPS) is 11.2. The Labute approximate surface area is 96.0 Å². The van der Waals surface area contributed by atoms with Gasteiger partial charge in [-0.3, -0.25) is 14.4 Å². The van der Waals surface area contributed by atoms with Crippen LogP contribution in [-0.4, -0.2) is 22.6 Å². The monoisotopic (exact) mass is 228 g/mol. The van der Waals surface area contributed by atoms with Gasteiger partial charge in [-0.1, -0.05) is 19.8 Å². The van der Waals surface area contributed by atoms with Crippen LogP contribution in [0.5, 0.6) is 0 Å². The molecule has 4 heteroatoms. The van der Waals surface area contributed by atoms with Gasteiger partial charge in [0.05, 0.1) is 6.42 Å². The Balaban J connectivity index is 4.14. The molecule has 0 atom stereocenters. The molecule has 0 aliphatic heterocycles. The van der Waals surface area contributed by atoms with Crippen LogP contribution in [0.15, 0.2) is 0 Å². The molecular formula is C12H20O4. The van der Waals surface area contributed by atoms with Gasteiger partial charge in [0.2, 0.25) is 0 Å². The summed E-state index contributed by atoms with van der Waals surface area (Å²) < 4.78 is 0. The fourth-order valence-electron chi connectivity index (χ4n) is 1.18. The fourth-order valence-corrected chi connectivity index (χ4v) is 1.18. The Morgan fingerprint density at radius 2 is 1.69 bits per heavy atom. The van der Waals surface area contributed by atoms with Gasteiger partial charge in [-0.2, -0.15) is 0 Å². The molecule has 0 heterocycles. The molecule has 0 bridgehead atoms. The molecular weight excluding hydrogens is 208 g/mol. The first-order valence-electron chi connectivity index (χ1n) is 5.60. The number of Topliss-reactive ketones (excluding diaryl/α,β-unsaturated/α-hetero) is 2. The number of hydrogen-bond acceptors (Lipinski definition) is 3. The fraction of sp³-hybridized carbons (Fsp3) is 0.750. The number of carboxylic acids is 1. The van der Waals surface area contributed by atoms with E-state index in [0.29, 0.717) is 6.42 Å². The zero-order valence-corrected chi connectivity index (χ0v) is 10.2. The Morgan fingerprint density at radius 1 is 1.12 bits per heavy atom. The SMILES string of the molecule is CCCCCC(=O)CC(=O)C(C)(C)C(=O)O. The van der Waals surface area contributed by atoms with E-state index in [-0.39, 0.29) is 12.2 Å². The molecule has 0 unspecified atom stereocenters. The number of carbonyl (C=O) groups excluding carboxylic acids is 2. The summed E-state index contributed by atoms with van der Waals surface area (Å²) in [5, 5.41) is 8.81. The quantitative estimate of drug-likeness (QED) is 0.510. The van der Waals surface area contributed by atoms with E-state index in [9.17, 15) is 14.4 Å². The second-order valence-electron chi connectivity index (χ2n) is 4.53. The lowest BCUT2D eigenvalue weighted by atomic mass is 9.85. The van der Waals surface area contributed by atoms with Crippen molar-refractivity contribution in [3.05, 3.63) is 0 Å². The predicted molar refractivity (Wildman–Crippen MR) is 60.2 cm³/mol. The molecule has 16 heavy (non-hydrogen) atoms. The van der Waals surface area contributed by atoms with Crippen LogP contribution in [0, 0.1) is 5.41 Å². The van der Waals surface area contributed by atoms with E-state index in [4.69, 9.17) is 5.11 Å². The van der Waals surface area contributed by atoms with Gasteiger partial charge in [0.1, 0.15) is 11.2 Å². The summed E-state index contributed by atoms with van der Waals surface area (Å²) in [5.74, 6) is -1.85. The number of rotatable bonds is 8. The summed E-state index contributed by atoms with van der Waals surface area (Å²) in [4.78, 5) is 33.7. The summed E-state index contributed by atoms with van der Waals surface area (Å²) in [6.45, 7) is 4.69. The Morgan fingerprint density at radius 3 is 2.12 bits per heavy atom. The largest absolute Gasteiger partial charge is 0.481 e. The third-order valence-corrected chi connectivity index (χ3v) is 2.65. The molecule has 0 rings (SSSR count). The molecule has 0 aromatic heterocycles. The average Bonchev–Trinajstić information content (AvgIpc) is 2.17. The van der Waals surface area contributed by atoms with Gasteiger partial charge in [-0.25, -0.2) is 0 Å². The van der Waals surface area contributed by atoms with E-state index in [0.717, 1.165) is 19.3 Å². The maximum absolute atomic E-state index is 11.5. The lowest BCUT2D eigenvalue weighted by molar-refractivity contribution is -0.152. The van der Waals surface area contributed by atoms with Gasteiger partial charge in [0.25, 0.3) is 0 Å². The van der Waals surface area contributed by atoms with Crippen LogP contribution >= 0.6 is 0 Å². The van der Waals surface area contributed by atoms with Crippen molar-refractivity contribution in [2.24, 2.45) is 5.41 Å². The number of aliphatic carboxylic acids is 1. The molecule has 0 saturated heterocycles. The summed E-state index contributed by atoms with van der Waals surface area (Å²) in [6.07, 6.45) is 2.86. The van der Waals surface area contributed by atoms with Crippen LogP contribution in [0.4, 0.5) is 0 Å². The third kappa shape index (κ3) is 4.55. The highest BCUT2D eigenvalue weighted by molar-refractivity contribution is 6.09. The van der Waals surface area contributed by atoms with E-state index in [1.807, 2.05) is 6.92 Å². The lowest BCUT2D eigenvalue weighted by Gasteiger charge is -2.16. The second-order valence-corrected chi connectivity index (χ2v) is 4.53.